The van der Waals surface area contributed by atoms with Crippen molar-refractivity contribution in [2.45, 2.75) is 26.9 Å². The van der Waals surface area contributed by atoms with Crippen LogP contribution in [0.25, 0.3) is 11.3 Å². The zero-order valence-corrected chi connectivity index (χ0v) is 14.2. The first-order chi connectivity index (χ1) is 11.7. The number of hydrogen-bond donors (Lipinski definition) is 1. The van der Waals surface area contributed by atoms with Crippen molar-refractivity contribution >= 4 is 5.69 Å². The summed E-state index contributed by atoms with van der Waals surface area (Å²) in [7, 11) is 0. The Morgan fingerprint density at radius 1 is 1.12 bits per heavy atom. The van der Waals surface area contributed by atoms with Gasteiger partial charge >= 0.3 is 0 Å². The fourth-order valence-electron chi connectivity index (χ4n) is 3.39. The van der Waals surface area contributed by atoms with Gasteiger partial charge < -0.3 is 10.1 Å². The van der Waals surface area contributed by atoms with E-state index in [9.17, 15) is 0 Å². The van der Waals surface area contributed by atoms with Gasteiger partial charge in [-0.15, -0.1) is 0 Å². The predicted molar refractivity (Wildman–Crippen MR) is 96.5 cm³/mol. The molecule has 1 unspecified atom stereocenters. The molecule has 1 atom stereocenters. The Labute approximate surface area is 142 Å². The summed E-state index contributed by atoms with van der Waals surface area (Å²) in [6.45, 7) is 6.82. The second kappa shape index (κ2) is 5.71. The van der Waals surface area contributed by atoms with E-state index in [1.165, 1.54) is 16.8 Å². The highest BCUT2D eigenvalue weighted by molar-refractivity contribution is 5.81. The SMILES string of the molecule is CCOc1ccccc1C1Nc2c(C)cccc2-c2cc(C)nn21. The summed E-state index contributed by atoms with van der Waals surface area (Å²) in [5.74, 6) is 0.897. The molecule has 0 amide bonds. The number of hydrogen-bond acceptors (Lipinski definition) is 3. The number of aryl methyl sites for hydroxylation is 2. The minimum absolute atomic E-state index is 0.0787. The second-order valence-corrected chi connectivity index (χ2v) is 6.13. The van der Waals surface area contributed by atoms with E-state index in [0.29, 0.717) is 6.61 Å². The van der Waals surface area contributed by atoms with Crippen LogP contribution >= 0.6 is 0 Å². The molecule has 0 radical (unpaired) electrons. The highest BCUT2D eigenvalue weighted by atomic mass is 16.5. The normalized spacial score (nSPS) is 15.4. The van der Waals surface area contributed by atoms with Gasteiger partial charge in [-0.1, -0.05) is 36.4 Å². The van der Waals surface area contributed by atoms with E-state index in [1.807, 2.05) is 32.0 Å². The van der Waals surface area contributed by atoms with Crippen molar-refractivity contribution < 1.29 is 4.74 Å². The van der Waals surface area contributed by atoms with Crippen LogP contribution in [0.4, 0.5) is 5.69 Å². The molecule has 1 N–H and O–H groups in total. The fourth-order valence-corrected chi connectivity index (χ4v) is 3.39. The lowest BCUT2D eigenvalue weighted by atomic mass is 10.0. The van der Waals surface area contributed by atoms with Crippen molar-refractivity contribution in [1.29, 1.82) is 0 Å². The molecule has 0 spiro atoms. The van der Waals surface area contributed by atoms with Gasteiger partial charge in [0.25, 0.3) is 0 Å². The number of benzene rings is 2. The van der Waals surface area contributed by atoms with Gasteiger partial charge in [0.15, 0.2) is 6.17 Å². The number of para-hydroxylation sites is 2. The summed E-state index contributed by atoms with van der Waals surface area (Å²) in [6, 6.07) is 16.7. The highest BCUT2D eigenvalue weighted by Crippen LogP contribution is 2.41. The van der Waals surface area contributed by atoms with Gasteiger partial charge in [-0.2, -0.15) is 5.10 Å². The first kappa shape index (κ1) is 14.8. The second-order valence-electron chi connectivity index (χ2n) is 6.13. The van der Waals surface area contributed by atoms with Gasteiger partial charge in [0, 0.05) is 16.8 Å². The molecule has 4 rings (SSSR count). The maximum absolute atomic E-state index is 5.85. The van der Waals surface area contributed by atoms with Crippen molar-refractivity contribution in [2.75, 3.05) is 11.9 Å². The van der Waals surface area contributed by atoms with E-state index in [4.69, 9.17) is 9.84 Å². The van der Waals surface area contributed by atoms with Crippen molar-refractivity contribution in [3.63, 3.8) is 0 Å². The summed E-state index contributed by atoms with van der Waals surface area (Å²) >= 11 is 0. The molecule has 0 fully saturated rings. The molecule has 4 heteroatoms. The number of anilines is 1. The van der Waals surface area contributed by atoms with Gasteiger partial charge in [0.1, 0.15) is 5.75 Å². The maximum Gasteiger partial charge on any atom is 0.150 e. The summed E-state index contributed by atoms with van der Waals surface area (Å²) in [5.41, 5.74) is 6.84. The van der Waals surface area contributed by atoms with Crippen molar-refractivity contribution in [3.8, 4) is 17.0 Å². The van der Waals surface area contributed by atoms with E-state index in [0.717, 1.165) is 22.7 Å². The number of nitrogens with one attached hydrogen (secondary N) is 1. The molecule has 2 heterocycles. The van der Waals surface area contributed by atoms with Crippen molar-refractivity contribution in [2.24, 2.45) is 0 Å². The molecular formula is C20H21N3O. The van der Waals surface area contributed by atoms with Gasteiger partial charge in [-0.05, 0) is 38.5 Å². The third-order valence-electron chi connectivity index (χ3n) is 4.45. The van der Waals surface area contributed by atoms with Crippen LogP contribution in [0.2, 0.25) is 0 Å². The Kier molecular flexibility index (Phi) is 3.53. The summed E-state index contributed by atoms with van der Waals surface area (Å²) in [5, 5.41) is 8.41. The largest absolute Gasteiger partial charge is 0.493 e. The van der Waals surface area contributed by atoms with Crippen LogP contribution in [0.3, 0.4) is 0 Å². The lowest BCUT2D eigenvalue weighted by Gasteiger charge is -2.31. The van der Waals surface area contributed by atoms with E-state index in [-0.39, 0.29) is 6.17 Å². The average Bonchev–Trinajstić information content (AvgIpc) is 2.97. The number of ether oxygens (including phenoxy) is 1. The Balaban J connectivity index is 1.91. The number of nitrogens with zero attached hydrogens (tertiary/aromatic N) is 2. The van der Waals surface area contributed by atoms with E-state index < -0.39 is 0 Å². The molecule has 1 aromatic heterocycles. The fraction of sp³-hybridized carbons (Fsp3) is 0.250. The van der Waals surface area contributed by atoms with Crippen molar-refractivity contribution in [3.05, 3.63) is 65.4 Å². The van der Waals surface area contributed by atoms with E-state index in [2.05, 4.69) is 47.3 Å². The van der Waals surface area contributed by atoms with E-state index in [1.54, 1.807) is 0 Å². The number of aromatic nitrogens is 2. The highest BCUT2D eigenvalue weighted by Gasteiger charge is 2.28. The van der Waals surface area contributed by atoms with Crippen molar-refractivity contribution in [1.82, 2.24) is 9.78 Å². The zero-order valence-electron chi connectivity index (χ0n) is 14.2. The Morgan fingerprint density at radius 2 is 1.96 bits per heavy atom. The van der Waals surface area contributed by atoms with Crippen LogP contribution in [0.5, 0.6) is 5.75 Å². The molecule has 122 valence electrons. The summed E-state index contributed by atoms with van der Waals surface area (Å²) in [6.07, 6.45) is -0.0787. The standard InChI is InChI=1S/C20H21N3O/c1-4-24-18-11-6-5-9-16(18)20-21-19-13(2)8-7-10-15(19)17-12-14(3)22-23(17)20/h5-12,20-21H,4H2,1-3H3. The minimum atomic E-state index is -0.0787. The average molecular weight is 319 g/mol. The summed E-state index contributed by atoms with van der Waals surface area (Å²) < 4.78 is 7.91. The number of rotatable bonds is 3. The zero-order chi connectivity index (χ0) is 16.7. The molecule has 1 aliphatic rings. The van der Waals surface area contributed by atoms with Crippen LogP contribution < -0.4 is 10.1 Å². The Bertz CT molecular complexity index is 898. The predicted octanol–water partition coefficient (Wildman–Crippen LogP) is 4.54. The Morgan fingerprint density at radius 3 is 2.79 bits per heavy atom. The molecular weight excluding hydrogens is 298 g/mol. The quantitative estimate of drug-likeness (QED) is 0.770. The lowest BCUT2D eigenvalue weighted by Crippen LogP contribution is -2.26. The molecule has 4 nitrogen and oxygen atoms in total. The topological polar surface area (TPSA) is 39.1 Å². The van der Waals surface area contributed by atoms with Crippen LogP contribution in [0.1, 0.15) is 29.9 Å². The smallest absolute Gasteiger partial charge is 0.150 e. The van der Waals surface area contributed by atoms with Gasteiger partial charge in [-0.25, -0.2) is 4.68 Å². The molecule has 0 saturated heterocycles. The third-order valence-corrected chi connectivity index (χ3v) is 4.45. The van der Waals surface area contributed by atoms with Crippen LogP contribution in [-0.2, 0) is 0 Å². The van der Waals surface area contributed by atoms with Crippen LogP contribution in [-0.4, -0.2) is 16.4 Å². The molecule has 0 saturated carbocycles. The monoisotopic (exact) mass is 319 g/mol. The Hall–Kier alpha value is -2.75. The molecule has 1 aliphatic heterocycles. The van der Waals surface area contributed by atoms with Gasteiger partial charge in [-0.3, -0.25) is 0 Å². The molecule has 24 heavy (non-hydrogen) atoms. The number of fused-ring (bicyclic) bond motifs is 3. The molecule has 0 bridgehead atoms. The summed E-state index contributed by atoms with van der Waals surface area (Å²) in [4.78, 5) is 0. The first-order valence-electron chi connectivity index (χ1n) is 8.33. The molecule has 3 aromatic rings. The lowest BCUT2D eigenvalue weighted by molar-refractivity contribution is 0.332. The van der Waals surface area contributed by atoms with Crippen LogP contribution in [0, 0.1) is 13.8 Å². The van der Waals surface area contributed by atoms with Crippen LogP contribution in [0.15, 0.2) is 48.5 Å². The van der Waals surface area contributed by atoms with Gasteiger partial charge in [0.2, 0.25) is 0 Å². The minimum Gasteiger partial charge on any atom is -0.493 e. The molecule has 2 aromatic carbocycles. The van der Waals surface area contributed by atoms with E-state index >= 15 is 0 Å². The molecule has 0 aliphatic carbocycles. The maximum atomic E-state index is 5.85. The first-order valence-corrected chi connectivity index (χ1v) is 8.33. The third kappa shape index (κ3) is 2.26. The van der Waals surface area contributed by atoms with Gasteiger partial charge in [0.05, 0.1) is 18.0 Å².